The highest BCUT2D eigenvalue weighted by molar-refractivity contribution is 14.1. The number of hydrogen-bond acceptors (Lipinski definition) is 3. The van der Waals surface area contributed by atoms with Crippen LogP contribution in [0.2, 0.25) is 0 Å². The van der Waals surface area contributed by atoms with Crippen molar-refractivity contribution in [3.63, 3.8) is 0 Å². The van der Waals surface area contributed by atoms with Crippen molar-refractivity contribution in [2.75, 3.05) is 0 Å². The van der Waals surface area contributed by atoms with E-state index < -0.39 is 5.41 Å². The van der Waals surface area contributed by atoms with Crippen molar-refractivity contribution < 1.29 is 14.3 Å². The van der Waals surface area contributed by atoms with Crippen LogP contribution in [0.5, 0.6) is 0 Å². The molecule has 106 valence electrons. The highest BCUT2D eigenvalue weighted by Crippen LogP contribution is 2.49. The Kier molecular flexibility index (Phi) is 3.92. The Morgan fingerprint density at radius 1 is 1.35 bits per heavy atom. The van der Waals surface area contributed by atoms with Gasteiger partial charge in [0.2, 0.25) is 0 Å². The Bertz CT molecular complexity index is 564. The maximum atomic E-state index is 12.4. The number of halogens is 2. The third-order valence-electron chi connectivity index (χ3n) is 4.32. The molecule has 2 fully saturated rings. The second-order valence-electron chi connectivity index (χ2n) is 5.37. The van der Waals surface area contributed by atoms with E-state index in [1.54, 1.807) is 0 Å². The lowest BCUT2D eigenvalue weighted by Gasteiger charge is -2.31. The van der Waals surface area contributed by atoms with Crippen LogP contribution >= 0.6 is 38.5 Å². The van der Waals surface area contributed by atoms with Crippen molar-refractivity contribution in [2.24, 2.45) is 5.41 Å². The average molecular weight is 449 g/mol. The summed E-state index contributed by atoms with van der Waals surface area (Å²) < 4.78 is 6.40. The number of benzene rings is 1. The van der Waals surface area contributed by atoms with Gasteiger partial charge in [0.25, 0.3) is 0 Å². The summed E-state index contributed by atoms with van der Waals surface area (Å²) in [4.78, 5) is 24.6. The first-order valence-electron chi connectivity index (χ1n) is 6.67. The van der Waals surface area contributed by atoms with Crippen LogP contribution in [0.25, 0.3) is 0 Å². The van der Waals surface area contributed by atoms with Crippen LogP contribution in [-0.4, -0.2) is 21.8 Å². The maximum absolute atomic E-state index is 12.4. The molecule has 1 aliphatic heterocycles. The van der Waals surface area contributed by atoms with Crippen molar-refractivity contribution in [3.8, 4) is 0 Å². The average Bonchev–Trinajstić information content (AvgIpc) is 2.59. The lowest BCUT2D eigenvalue weighted by Crippen LogP contribution is -2.46. The lowest BCUT2D eigenvalue weighted by molar-refractivity contribution is -0.151. The van der Waals surface area contributed by atoms with Gasteiger partial charge in [-0.05, 0) is 30.9 Å². The molecule has 1 saturated heterocycles. The van der Waals surface area contributed by atoms with E-state index in [2.05, 4.69) is 38.5 Å². The van der Waals surface area contributed by atoms with Crippen LogP contribution in [0.3, 0.4) is 0 Å². The summed E-state index contributed by atoms with van der Waals surface area (Å²) in [6.45, 7) is 0. The molecule has 20 heavy (non-hydrogen) atoms. The zero-order valence-corrected chi connectivity index (χ0v) is 14.5. The molecule has 3 rings (SSSR count). The molecule has 0 amide bonds. The first-order valence-corrected chi connectivity index (χ1v) is 8.71. The summed E-state index contributed by atoms with van der Waals surface area (Å²) in [5.74, 6) is -0.251. The number of rotatable bonds is 3. The van der Waals surface area contributed by atoms with Gasteiger partial charge in [-0.25, -0.2) is 0 Å². The first kappa shape index (κ1) is 14.5. The van der Waals surface area contributed by atoms with Crippen LogP contribution in [0, 0.1) is 5.41 Å². The molecule has 3 nitrogen and oxygen atoms in total. The zero-order chi connectivity index (χ0) is 14.3. The summed E-state index contributed by atoms with van der Waals surface area (Å²) in [5.41, 5.74) is 0.207. The highest BCUT2D eigenvalue weighted by atomic mass is 127. The predicted octanol–water partition coefficient (Wildman–Crippen LogP) is 3.46. The summed E-state index contributed by atoms with van der Waals surface area (Å²) in [5, 5.41) is 0. The number of hydrogen-bond donors (Lipinski definition) is 0. The number of fused-ring (bicyclic) bond motifs is 2. The number of aryl methyl sites for hydroxylation is 1. The van der Waals surface area contributed by atoms with Gasteiger partial charge in [0.05, 0.1) is 3.92 Å². The number of ether oxygens (including phenoxy) is 1. The molecule has 0 unspecified atom stereocenters. The van der Waals surface area contributed by atoms with E-state index in [9.17, 15) is 9.59 Å². The van der Waals surface area contributed by atoms with E-state index in [4.69, 9.17) is 4.74 Å². The van der Waals surface area contributed by atoms with Gasteiger partial charge in [-0.3, -0.25) is 9.59 Å². The Labute approximate surface area is 139 Å². The van der Waals surface area contributed by atoms with Crippen LogP contribution in [-0.2, 0) is 20.7 Å². The number of carbonyl (C=O) groups is 2. The normalized spacial score (nSPS) is 32.3. The molecule has 0 N–H and O–H groups in total. The molecular formula is C15H14BrIO3. The van der Waals surface area contributed by atoms with Crippen molar-refractivity contribution in [2.45, 2.75) is 35.7 Å². The Balaban J connectivity index is 1.86. The summed E-state index contributed by atoms with van der Waals surface area (Å²) in [6, 6.07) is 7.93. The Morgan fingerprint density at radius 2 is 2.10 bits per heavy atom. The largest absolute Gasteiger partial charge is 0.460 e. The van der Waals surface area contributed by atoms with Gasteiger partial charge in [0.1, 0.15) is 11.5 Å². The van der Waals surface area contributed by atoms with E-state index in [0.717, 1.165) is 10.0 Å². The monoisotopic (exact) mass is 448 g/mol. The Morgan fingerprint density at radius 3 is 2.85 bits per heavy atom. The topological polar surface area (TPSA) is 43.4 Å². The quantitative estimate of drug-likeness (QED) is 0.308. The van der Waals surface area contributed by atoms with Crippen molar-refractivity contribution in [3.05, 3.63) is 34.3 Å². The molecule has 0 spiro atoms. The molecule has 2 bridgehead atoms. The van der Waals surface area contributed by atoms with Gasteiger partial charge in [0.15, 0.2) is 5.78 Å². The second kappa shape index (κ2) is 5.40. The lowest BCUT2D eigenvalue weighted by atomic mass is 9.71. The molecule has 1 heterocycles. The third-order valence-corrected chi connectivity index (χ3v) is 6.96. The number of Topliss-reactive ketones (excluding diaryl/α,β-unsaturated/α-hetero) is 1. The van der Waals surface area contributed by atoms with Crippen molar-refractivity contribution >= 4 is 50.3 Å². The predicted molar refractivity (Wildman–Crippen MR) is 86.8 cm³/mol. The fourth-order valence-electron chi connectivity index (χ4n) is 3.11. The molecule has 2 aliphatic rings. The van der Waals surface area contributed by atoms with Crippen molar-refractivity contribution in [1.82, 2.24) is 0 Å². The van der Waals surface area contributed by atoms with E-state index in [0.29, 0.717) is 25.7 Å². The van der Waals surface area contributed by atoms with Gasteiger partial charge < -0.3 is 4.74 Å². The third kappa shape index (κ3) is 2.13. The van der Waals surface area contributed by atoms with E-state index in [1.807, 2.05) is 24.3 Å². The standard InChI is InChI=1S/C15H14BrIO3/c16-10-4-2-1-3-9(10)7-8-15-12(18)6-5-11(13(15)17)20-14(15)19/h1-4,11,13H,5-8H2/t11-,13+,15+/m1/s1. The highest BCUT2D eigenvalue weighted by Gasteiger charge is 2.62. The molecular weight excluding hydrogens is 435 g/mol. The fraction of sp³-hybridized carbons (Fsp3) is 0.467. The summed E-state index contributed by atoms with van der Waals surface area (Å²) >= 11 is 5.74. The molecule has 1 aromatic carbocycles. The molecule has 3 atom stereocenters. The first-order chi connectivity index (χ1) is 9.55. The minimum absolute atomic E-state index is 0.0312. The second-order valence-corrected chi connectivity index (χ2v) is 7.57. The molecule has 0 aromatic heterocycles. The van der Waals surface area contributed by atoms with E-state index >= 15 is 0 Å². The number of alkyl halides is 1. The van der Waals surface area contributed by atoms with Gasteiger partial charge >= 0.3 is 5.97 Å². The SMILES string of the molecule is O=C1CC[C@H]2OC(=O)[C@]1(CCc1ccccc1Br)[C@H]2I. The molecule has 5 heteroatoms. The van der Waals surface area contributed by atoms with Crippen molar-refractivity contribution in [1.29, 1.82) is 0 Å². The van der Waals surface area contributed by atoms with Crippen LogP contribution in [0.4, 0.5) is 0 Å². The van der Waals surface area contributed by atoms with Gasteiger partial charge in [-0.2, -0.15) is 0 Å². The number of ketones is 1. The summed E-state index contributed by atoms with van der Waals surface area (Å²) in [7, 11) is 0. The maximum Gasteiger partial charge on any atom is 0.321 e. The van der Waals surface area contributed by atoms with Gasteiger partial charge in [-0.15, -0.1) is 0 Å². The van der Waals surface area contributed by atoms with Gasteiger partial charge in [-0.1, -0.05) is 56.7 Å². The molecule has 1 aliphatic carbocycles. The molecule has 0 radical (unpaired) electrons. The minimum atomic E-state index is -0.918. The molecule has 1 saturated carbocycles. The van der Waals surface area contributed by atoms with E-state index in [1.165, 1.54) is 0 Å². The van der Waals surface area contributed by atoms with Crippen LogP contribution in [0.1, 0.15) is 24.8 Å². The molecule has 1 aromatic rings. The van der Waals surface area contributed by atoms with Crippen LogP contribution < -0.4 is 0 Å². The minimum Gasteiger partial charge on any atom is -0.460 e. The smallest absolute Gasteiger partial charge is 0.321 e. The van der Waals surface area contributed by atoms with Gasteiger partial charge in [0, 0.05) is 10.9 Å². The Hall–Kier alpha value is -0.430. The number of esters is 1. The zero-order valence-electron chi connectivity index (χ0n) is 10.8. The summed E-state index contributed by atoms with van der Waals surface area (Å²) in [6.07, 6.45) is 2.30. The fourth-order valence-corrected chi connectivity index (χ4v) is 5.02. The number of carbonyl (C=O) groups excluding carboxylic acids is 2. The van der Waals surface area contributed by atoms with Crippen LogP contribution in [0.15, 0.2) is 28.7 Å². The van der Waals surface area contributed by atoms with E-state index in [-0.39, 0.29) is 21.8 Å².